The highest BCUT2D eigenvalue weighted by molar-refractivity contribution is 7.16. The molecule has 0 aliphatic heterocycles. The lowest BCUT2D eigenvalue weighted by molar-refractivity contribution is -0.640. The molecule has 64 valence electrons. The highest BCUT2D eigenvalue weighted by Crippen LogP contribution is 2.19. The first-order valence-electron chi connectivity index (χ1n) is 3.30. The van der Waals surface area contributed by atoms with Crippen LogP contribution in [0.4, 0.5) is 0 Å². The molecule has 0 aliphatic carbocycles. The summed E-state index contributed by atoms with van der Waals surface area (Å²) in [7, 11) is 2.03. The number of benzene rings is 1. The third-order valence-corrected chi connectivity index (χ3v) is 2.88. The van der Waals surface area contributed by atoms with Crippen LogP contribution in [0.15, 0.2) is 23.7 Å². The Labute approximate surface area is 90.4 Å². The Bertz CT molecular complexity index is 399. The number of halogens is 2. The minimum atomic E-state index is 0. The monoisotopic (exact) mass is 263 g/mol. The average Bonchev–Trinajstić information content (AvgIpc) is 2.32. The van der Waals surface area contributed by atoms with E-state index in [-0.39, 0.29) is 17.0 Å². The SMILES string of the molecule is C[n+]1csc2cc(Cl)ccc21.[Br-]. The summed E-state index contributed by atoms with van der Waals surface area (Å²) in [5.74, 6) is 0. The van der Waals surface area contributed by atoms with Crippen molar-refractivity contribution in [2.24, 2.45) is 7.05 Å². The first-order chi connectivity index (χ1) is 5.27. The van der Waals surface area contributed by atoms with Gasteiger partial charge in [0.2, 0.25) is 11.0 Å². The second-order valence-corrected chi connectivity index (χ2v) is 3.77. The van der Waals surface area contributed by atoms with Crippen molar-refractivity contribution in [2.45, 2.75) is 0 Å². The van der Waals surface area contributed by atoms with Crippen LogP contribution in [0.5, 0.6) is 0 Å². The van der Waals surface area contributed by atoms with Gasteiger partial charge in [-0.25, -0.2) is 0 Å². The predicted molar refractivity (Wildman–Crippen MR) is 48.0 cm³/mol. The molecule has 1 aromatic heterocycles. The van der Waals surface area contributed by atoms with E-state index in [1.54, 1.807) is 11.3 Å². The molecule has 0 atom stereocenters. The Morgan fingerprint density at radius 2 is 2.17 bits per heavy atom. The highest BCUT2D eigenvalue weighted by Gasteiger charge is 2.06. The number of rotatable bonds is 0. The number of hydrogen-bond acceptors (Lipinski definition) is 1. The molecule has 1 nitrogen and oxygen atoms in total. The van der Waals surface area contributed by atoms with E-state index in [0.29, 0.717) is 0 Å². The van der Waals surface area contributed by atoms with E-state index < -0.39 is 0 Å². The van der Waals surface area contributed by atoms with Crippen molar-refractivity contribution in [3.8, 4) is 0 Å². The number of thiazole rings is 1. The maximum Gasteiger partial charge on any atom is 0.225 e. The highest BCUT2D eigenvalue weighted by atomic mass is 79.9. The molecular weight excluding hydrogens is 258 g/mol. The third kappa shape index (κ3) is 1.63. The summed E-state index contributed by atoms with van der Waals surface area (Å²) < 4.78 is 3.33. The van der Waals surface area contributed by atoms with Crippen LogP contribution < -0.4 is 21.5 Å². The van der Waals surface area contributed by atoms with Crippen LogP contribution >= 0.6 is 22.9 Å². The van der Waals surface area contributed by atoms with Gasteiger partial charge in [-0.05, 0) is 12.1 Å². The fourth-order valence-electron chi connectivity index (χ4n) is 1.07. The first kappa shape index (κ1) is 9.96. The van der Waals surface area contributed by atoms with Gasteiger partial charge < -0.3 is 17.0 Å². The van der Waals surface area contributed by atoms with Crippen LogP contribution in [0.1, 0.15) is 0 Å². The Kier molecular flexibility index (Phi) is 3.09. The number of aryl methyl sites for hydroxylation is 1. The van der Waals surface area contributed by atoms with Gasteiger partial charge in [0.05, 0.1) is 0 Å². The molecule has 12 heavy (non-hydrogen) atoms. The van der Waals surface area contributed by atoms with Crippen LogP contribution in [0.25, 0.3) is 10.2 Å². The normalized spacial score (nSPS) is 9.83. The van der Waals surface area contributed by atoms with Gasteiger partial charge in [-0.1, -0.05) is 22.9 Å². The quantitative estimate of drug-likeness (QED) is 0.559. The van der Waals surface area contributed by atoms with Gasteiger partial charge in [-0.2, -0.15) is 4.57 Å². The fourth-order valence-corrected chi connectivity index (χ4v) is 2.22. The zero-order chi connectivity index (χ0) is 7.84. The Hall–Kier alpha value is -0.120. The number of aromatic nitrogens is 1. The molecule has 4 heteroatoms. The van der Waals surface area contributed by atoms with Crippen molar-refractivity contribution in [1.82, 2.24) is 0 Å². The maximum absolute atomic E-state index is 5.83. The lowest BCUT2D eigenvalue weighted by Gasteiger charge is -1.85. The van der Waals surface area contributed by atoms with Crippen LogP contribution in [0.2, 0.25) is 5.02 Å². The topological polar surface area (TPSA) is 3.88 Å². The summed E-state index contributed by atoms with van der Waals surface area (Å²) in [6.07, 6.45) is 0. The Morgan fingerprint density at radius 3 is 2.92 bits per heavy atom. The van der Waals surface area contributed by atoms with Gasteiger partial charge in [0, 0.05) is 11.1 Å². The van der Waals surface area contributed by atoms with Crippen molar-refractivity contribution in [1.29, 1.82) is 0 Å². The van der Waals surface area contributed by atoms with Gasteiger partial charge in [-0.3, -0.25) is 0 Å². The minimum absolute atomic E-state index is 0. The summed E-state index contributed by atoms with van der Waals surface area (Å²) in [6.45, 7) is 0. The molecule has 0 aliphatic rings. The van der Waals surface area contributed by atoms with E-state index in [9.17, 15) is 0 Å². The number of fused-ring (bicyclic) bond motifs is 1. The van der Waals surface area contributed by atoms with Gasteiger partial charge in [0.25, 0.3) is 0 Å². The smallest absolute Gasteiger partial charge is 0.225 e. The second-order valence-electron chi connectivity index (χ2n) is 2.45. The summed E-state index contributed by atoms with van der Waals surface area (Å²) in [5.41, 5.74) is 3.31. The van der Waals surface area contributed by atoms with Gasteiger partial charge in [-0.15, -0.1) is 0 Å². The molecule has 1 heterocycles. The fraction of sp³-hybridized carbons (Fsp3) is 0.125. The van der Waals surface area contributed by atoms with Crippen molar-refractivity contribution in [3.63, 3.8) is 0 Å². The largest absolute Gasteiger partial charge is 1.00 e. The summed E-state index contributed by atoms with van der Waals surface area (Å²) in [5, 5.41) is 0.806. The zero-order valence-corrected chi connectivity index (χ0v) is 9.58. The van der Waals surface area contributed by atoms with E-state index in [4.69, 9.17) is 11.6 Å². The molecule has 0 amide bonds. The molecule has 0 radical (unpaired) electrons. The summed E-state index contributed by atoms with van der Waals surface area (Å²) in [4.78, 5) is 0. The van der Waals surface area contributed by atoms with Crippen molar-refractivity contribution >= 4 is 33.2 Å². The predicted octanol–water partition coefficient (Wildman–Crippen LogP) is -0.617. The molecule has 2 aromatic rings. The standard InChI is InChI=1S/C8H7ClNS.BrH/c1-10-5-11-8-4-6(9)2-3-7(8)10;/h2-5H,1H3;1H/q+1;/p-1. The summed E-state index contributed by atoms with van der Waals surface area (Å²) >= 11 is 7.53. The Morgan fingerprint density at radius 1 is 1.42 bits per heavy atom. The van der Waals surface area contributed by atoms with Crippen LogP contribution in [-0.2, 0) is 7.05 Å². The van der Waals surface area contributed by atoms with E-state index >= 15 is 0 Å². The molecule has 0 spiro atoms. The number of hydrogen-bond donors (Lipinski definition) is 0. The van der Waals surface area contributed by atoms with Crippen molar-refractivity contribution in [3.05, 3.63) is 28.7 Å². The molecule has 0 saturated carbocycles. The molecule has 0 saturated heterocycles. The lowest BCUT2D eigenvalue weighted by atomic mass is 10.3. The van der Waals surface area contributed by atoms with Crippen molar-refractivity contribution in [2.75, 3.05) is 0 Å². The minimum Gasteiger partial charge on any atom is -1.00 e. The molecule has 0 unspecified atom stereocenters. The molecule has 0 fully saturated rings. The second kappa shape index (κ2) is 3.73. The van der Waals surface area contributed by atoms with Crippen LogP contribution in [0, 0.1) is 0 Å². The van der Waals surface area contributed by atoms with Crippen molar-refractivity contribution < 1.29 is 21.5 Å². The average molecular weight is 265 g/mol. The van der Waals surface area contributed by atoms with E-state index in [1.165, 1.54) is 10.2 Å². The molecule has 2 rings (SSSR count). The lowest BCUT2D eigenvalue weighted by Crippen LogP contribution is -3.00. The van der Waals surface area contributed by atoms with Crippen LogP contribution in [-0.4, -0.2) is 0 Å². The zero-order valence-electron chi connectivity index (χ0n) is 6.42. The van der Waals surface area contributed by atoms with Gasteiger partial charge >= 0.3 is 0 Å². The summed E-state index contributed by atoms with van der Waals surface area (Å²) in [6, 6.07) is 5.94. The molecular formula is C8H7BrClNS. The maximum atomic E-state index is 5.83. The Balaban J connectivity index is 0.000000720. The number of nitrogens with zero attached hydrogens (tertiary/aromatic N) is 1. The van der Waals surface area contributed by atoms with Gasteiger partial charge in [0.15, 0.2) is 0 Å². The molecule has 1 aromatic carbocycles. The van der Waals surface area contributed by atoms with E-state index in [2.05, 4.69) is 10.1 Å². The third-order valence-electron chi connectivity index (χ3n) is 1.64. The van der Waals surface area contributed by atoms with Gasteiger partial charge in [0.1, 0.15) is 11.7 Å². The van der Waals surface area contributed by atoms with E-state index in [0.717, 1.165) is 5.02 Å². The molecule has 0 N–H and O–H groups in total. The first-order valence-corrected chi connectivity index (χ1v) is 4.55. The van der Waals surface area contributed by atoms with E-state index in [1.807, 2.05) is 25.2 Å². The van der Waals surface area contributed by atoms with Crippen LogP contribution in [0.3, 0.4) is 0 Å². The molecule has 0 bridgehead atoms.